The number of carbonyl (C=O) groups is 2. The van der Waals surface area contributed by atoms with E-state index >= 15 is 0 Å². The van der Waals surface area contributed by atoms with Crippen molar-refractivity contribution in [1.29, 1.82) is 0 Å². The van der Waals surface area contributed by atoms with Crippen LogP contribution in [0.5, 0.6) is 11.5 Å². The number of thiocarbonyl (C=S) groups is 1. The fourth-order valence-electron chi connectivity index (χ4n) is 3.14. The lowest BCUT2D eigenvalue weighted by atomic mass is 10.1. The first-order chi connectivity index (χ1) is 15.5. The lowest BCUT2D eigenvalue weighted by molar-refractivity contribution is -0.122. The van der Waals surface area contributed by atoms with Crippen molar-refractivity contribution in [3.63, 3.8) is 0 Å². The molecule has 0 unspecified atom stereocenters. The molecule has 1 heterocycles. The van der Waals surface area contributed by atoms with E-state index in [-0.39, 0.29) is 5.91 Å². The van der Waals surface area contributed by atoms with Crippen LogP contribution in [0.4, 0.5) is 0 Å². The highest BCUT2D eigenvalue weighted by Crippen LogP contribution is 2.35. The van der Waals surface area contributed by atoms with Crippen LogP contribution in [-0.4, -0.2) is 28.2 Å². The van der Waals surface area contributed by atoms with Gasteiger partial charge in [0, 0.05) is 0 Å². The van der Waals surface area contributed by atoms with Crippen LogP contribution in [0.3, 0.4) is 0 Å². The van der Waals surface area contributed by atoms with Crippen LogP contribution < -0.4 is 9.47 Å². The minimum atomic E-state index is -0.474. The van der Waals surface area contributed by atoms with Gasteiger partial charge in [0.15, 0.2) is 11.5 Å². The van der Waals surface area contributed by atoms with E-state index < -0.39 is 5.97 Å². The molecule has 0 aliphatic carbocycles. The molecule has 5 nitrogen and oxygen atoms in total. The zero-order valence-corrected chi connectivity index (χ0v) is 18.8. The van der Waals surface area contributed by atoms with Gasteiger partial charge in [-0.05, 0) is 41.5 Å². The summed E-state index contributed by atoms with van der Waals surface area (Å²) in [5, 5.41) is 0. The highest BCUT2D eigenvalue weighted by atomic mass is 32.2. The Bertz CT molecular complexity index is 1190. The Morgan fingerprint density at radius 3 is 2.38 bits per heavy atom. The Labute approximate surface area is 195 Å². The average molecular weight is 462 g/mol. The van der Waals surface area contributed by atoms with E-state index in [9.17, 15) is 9.59 Å². The van der Waals surface area contributed by atoms with Gasteiger partial charge in [-0.3, -0.25) is 9.69 Å². The first kappa shape index (κ1) is 21.8. The zero-order chi connectivity index (χ0) is 22.5. The third-order valence-electron chi connectivity index (χ3n) is 4.75. The summed E-state index contributed by atoms with van der Waals surface area (Å²) in [6.45, 7) is 0.431. The van der Waals surface area contributed by atoms with E-state index in [1.54, 1.807) is 53.4 Å². The number of ether oxygens (including phenoxy) is 2. The zero-order valence-electron chi connectivity index (χ0n) is 17.2. The Morgan fingerprint density at radius 1 is 1.00 bits per heavy atom. The maximum absolute atomic E-state index is 12.9. The SMILES string of the molecule is COc1cc(/C=C2/SC(=S)N(Cc3ccccc3)C2=O)ccc1OC(=O)c1ccccc1. The monoisotopic (exact) mass is 461 g/mol. The van der Waals surface area contributed by atoms with Crippen molar-refractivity contribution in [3.8, 4) is 11.5 Å². The first-order valence-electron chi connectivity index (χ1n) is 9.79. The number of methoxy groups -OCH3 is 1. The number of amides is 1. The van der Waals surface area contributed by atoms with Gasteiger partial charge in [0.1, 0.15) is 4.32 Å². The third-order valence-corrected chi connectivity index (χ3v) is 6.13. The second kappa shape index (κ2) is 9.80. The van der Waals surface area contributed by atoms with E-state index in [1.165, 1.54) is 18.9 Å². The van der Waals surface area contributed by atoms with Crippen LogP contribution in [0.2, 0.25) is 0 Å². The fraction of sp³-hybridized carbons (Fsp3) is 0.0800. The van der Waals surface area contributed by atoms with E-state index in [1.807, 2.05) is 36.4 Å². The van der Waals surface area contributed by atoms with Crippen LogP contribution in [-0.2, 0) is 11.3 Å². The van der Waals surface area contributed by atoms with Crippen molar-refractivity contribution < 1.29 is 19.1 Å². The highest BCUT2D eigenvalue weighted by Gasteiger charge is 2.32. The van der Waals surface area contributed by atoms with Crippen molar-refractivity contribution >= 4 is 46.3 Å². The van der Waals surface area contributed by atoms with Gasteiger partial charge in [-0.2, -0.15) is 0 Å². The highest BCUT2D eigenvalue weighted by molar-refractivity contribution is 8.26. The Balaban J connectivity index is 1.52. The van der Waals surface area contributed by atoms with E-state index in [0.29, 0.717) is 32.8 Å². The predicted octanol–water partition coefficient (Wildman–Crippen LogP) is 5.32. The molecule has 0 spiro atoms. The molecule has 1 saturated heterocycles. The van der Waals surface area contributed by atoms with E-state index in [4.69, 9.17) is 21.7 Å². The summed E-state index contributed by atoms with van der Waals surface area (Å²) >= 11 is 6.68. The molecule has 32 heavy (non-hydrogen) atoms. The van der Waals surface area contributed by atoms with Crippen molar-refractivity contribution in [2.75, 3.05) is 7.11 Å². The van der Waals surface area contributed by atoms with Crippen LogP contribution in [0.25, 0.3) is 6.08 Å². The maximum atomic E-state index is 12.9. The number of nitrogens with zero attached hydrogens (tertiary/aromatic N) is 1. The molecule has 3 aromatic carbocycles. The summed E-state index contributed by atoms with van der Waals surface area (Å²) in [6.07, 6.45) is 1.76. The molecule has 7 heteroatoms. The van der Waals surface area contributed by atoms with Crippen molar-refractivity contribution in [3.05, 3.63) is 100 Å². The van der Waals surface area contributed by atoms with E-state index in [2.05, 4.69) is 0 Å². The summed E-state index contributed by atoms with van der Waals surface area (Å²) in [5.41, 5.74) is 2.19. The molecule has 160 valence electrons. The van der Waals surface area contributed by atoms with Crippen molar-refractivity contribution in [1.82, 2.24) is 4.90 Å². The number of benzene rings is 3. The number of hydrogen-bond donors (Lipinski definition) is 0. The molecule has 1 aliphatic rings. The lowest BCUT2D eigenvalue weighted by Crippen LogP contribution is -2.27. The number of rotatable bonds is 6. The van der Waals surface area contributed by atoms with Crippen LogP contribution in [0.15, 0.2) is 83.8 Å². The molecule has 0 atom stereocenters. The Morgan fingerprint density at radius 2 is 1.69 bits per heavy atom. The summed E-state index contributed by atoms with van der Waals surface area (Å²) in [4.78, 5) is 27.4. The molecule has 0 bridgehead atoms. The first-order valence-corrected chi connectivity index (χ1v) is 11.0. The molecule has 0 aromatic heterocycles. The molecule has 0 saturated carbocycles. The Hall–Kier alpha value is -3.42. The maximum Gasteiger partial charge on any atom is 0.343 e. The molecule has 0 radical (unpaired) electrons. The fourth-order valence-corrected chi connectivity index (χ4v) is 4.40. The number of esters is 1. The molecule has 3 aromatic rings. The molecule has 1 fully saturated rings. The van der Waals surface area contributed by atoms with Gasteiger partial charge in [0.05, 0.1) is 24.1 Å². The molecule has 4 rings (SSSR count). The summed E-state index contributed by atoms with van der Waals surface area (Å²) in [7, 11) is 1.50. The van der Waals surface area contributed by atoms with Crippen LogP contribution in [0.1, 0.15) is 21.5 Å². The Kier molecular flexibility index (Phi) is 6.68. The standard InChI is InChI=1S/C25H19NO4S2/c1-29-21-14-18(12-13-20(21)30-24(28)19-10-6-3-7-11-19)15-22-23(27)26(25(31)32-22)16-17-8-4-2-5-9-17/h2-15H,16H2,1H3/b22-15+. The lowest BCUT2D eigenvalue weighted by Gasteiger charge is -2.14. The molecule has 1 aliphatic heterocycles. The second-order valence-corrected chi connectivity index (χ2v) is 8.60. The average Bonchev–Trinajstić information content (AvgIpc) is 3.08. The predicted molar refractivity (Wildman–Crippen MR) is 130 cm³/mol. The number of hydrogen-bond acceptors (Lipinski definition) is 6. The summed E-state index contributed by atoms with van der Waals surface area (Å²) in [5.74, 6) is 0.0822. The van der Waals surface area contributed by atoms with Gasteiger partial charge in [-0.1, -0.05) is 78.6 Å². The smallest absolute Gasteiger partial charge is 0.343 e. The normalized spacial score (nSPS) is 14.7. The van der Waals surface area contributed by atoms with Crippen molar-refractivity contribution in [2.24, 2.45) is 0 Å². The molecular weight excluding hydrogens is 442 g/mol. The molecular formula is C25H19NO4S2. The second-order valence-electron chi connectivity index (χ2n) is 6.92. The van der Waals surface area contributed by atoms with E-state index in [0.717, 1.165) is 11.1 Å². The van der Waals surface area contributed by atoms with Gasteiger partial charge in [-0.15, -0.1) is 0 Å². The topological polar surface area (TPSA) is 55.8 Å². The summed E-state index contributed by atoms with van der Waals surface area (Å²) < 4.78 is 11.4. The van der Waals surface area contributed by atoms with Crippen molar-refractivity contribution in [2.45, 2.75) is 6.54 Å². The van der Waals surface area contributed by atoms with Gasteiger partial charge in [0.2, 0.25) is 0 Å². The minimum Gasteiger partial charge on any atom is -0.493 e. The third kappa shape index (κ3) is 4.90. The minimum absolute atomic E-state index is 0.137. The van der Waals surface area contributed by atoms with Crippen LogP contribution in [0, 0.1) is 0 Å². The number of thioether (sulfide) groups is 1. The van der Waals surface area contributed by atoms with Crippen LogP contribution >= 0.6 is 24.0 Å². The number of carbonyl (C=O) groups excluding carboxylic acids is 2. The van der Waals surface area contributed by atoms with Gasteiger partial charge in [0.25, 0.3) is 5.91 Å². The quantitative estimate of drug-likeness (QED) is 0.214. The molecule has 1 amide bonds. The van der Waals surface area contributed by atoms with Gasteiger partial charge < -0.3 is 9.47 Å². The van der Waals surface area contributed by atoms with Gasteiger partial charge >= 0.3 is 5.97 Å². The molecule has 0 N–H and O–H groups in total. The van der Waals surface area contributed by atoms with Gasteiger partial charge in [-0.25, -0.2) is 4.79 Å². The summed E-state index contributed by atoms with van der Waals surface area (Å²) in [6, 6.07) is 23.6. The largest absolute Gasteiger partial charge is 0.493 e.